The van der Waals surface area contributed by atoms with Crippen LogP contribution in [0.2, 0.25) is 18.1 Å². The molecule has 3 aromatic rings. The molecule has 0 bridgehead atoms. The fraction of sp³-hybridized carbons (Fsp3) is 0.483. The minimum absolute atomic E-state index is 0. The number of fused-ring (bicyclic) bond motifs is 1. The van der Waals surface area contributed by atoms with Crippen molar-refractivity contribution in [2.45, 2.75) is 64.2 Å². The van der Waals surface area contributed by atoms with E-state index in [4.69, 9.17) is 14.1 Å². The summed E-state index contributed by atoms with van der Waals surface area (Å²) in [5.74, 6) is 1.20. The van der Waals surface area contributed by atoms with Crippen LogP contribution in [0.5, 0.6) is 0 Å². The number of anilines is 3. The van der Waals surface area contributed by atoms with Gasteiger partial charge < -0.3 is 24.1 Å². The van der Waals surface area contributed by atoms with Crippen LogP contribution in [0.4, 0.5) is 17.5 Å². The summed E-state index contributed by atoms with van der Waals surface area (Å²) in [7, 11) is 1.14. The maximum absolute atomic E-state index is 11.5. The molecule has 1 aromatic carbocycles. The number of carbonyl (C=O) groups is 1. The van der Waals surface area contributed by atoms with E-state index in [1.807, 2.05) is 27.7 Å². The molecule has 223 valence electrons. The van der Waals surface area contributed by atoms with Gasteiger partial charge in [-0.25, -0.2) is 14.6 Å². The summed E-state index contributed by atoms with van der Waals surface area (Å²) in [4.78, 5) is 22.6. The molecule has 0 saturated heterocycles. The van der Waals surface area contributed by atoms with Gasteiger partial charge in [-0.05, 0) is 48.3 Å². The van der Waals surface area contributed by atoms with Gasteiger partial charge in [0.25, 0.3) is 0 Å². The second-order valence-corrected chi connectivity index (χ2v) is 17.0. The van der Waals surface area contributed by atoms with Gasteiger partial charge >= 0.3 is 7.41 Å². The first-order valence-electron chi connectivity index (χ1n) is 13.8. The van der Waals surface area contributed by atoms with Gasteiger partial charge in [0.15, 0.2) is 8.32 Å². The molecule has 3 heterocycles. The fourth-order valence-corrected chi connectivity index (χ4v) is 5.84. The molecule has 0 saturated carbocycles. The van der Waals surface area contributed by atoms with E-state index in [0.717, 1.165) is 35.2 Å². The maximum atomic E-state index is 11.5. The van der Waals surface area contributed by atoms with Crippen LogP contribution in [0.15, 0.2) is 36.7 Å². The lowest BCUT2D eigenvalue weighted by molar-refractivity contribution is 0.189. The molecule has 1 N–H and O–H groups in total. The smallest absolute Gasteiger partial charge is 0.329 e. The van der Waals surface area contributed by atoms with E-state index in [-0.39, 0.29) is 18.5 Å². The van der Waals surface area contributed by atoms with E-state index in [1.165, 1.54) is 7.41 Å². The minimum atomic E-state index is -2.04. The van der Waals surface area contributed by atoms with Gasteiger partial charge in [-0.15, -0.1) is 0 Å². The normalized spacial score (nSPS) is 16.4. The Hall–Kier alpha value is -3.18. The lowest BCUT2D eigenvalue weighted by Gasteiger charge is -2.39. The van der Waals surface area contributed by atoms with Crippen LogP contribution >= 0.6 is 13.5 Å². The van der Waals surface area contributed by atoms with Crippen molar-refractivity contribution >= 4 is 52.9 Å². The van der Waals surface area contributed by atoms with Gasteiger partial charge in [-0.1, -0.05) is 27.7 Å². The molecule has 1 atom stereocenters. The van der Waals surface area contributed by atoms with E-state index in [1.54, 1.807) is 19.5 Å². The first kappa shape index (κ1) is 33.3. The number of hydrogen-bond acceptors (Lipinski definition) is 9. The summed E-state index contributed by atoms with van der Waals surface area (Å²) in [6.07, 6.45) is 5.02. The summed E-state index contributed by atoms with van der Waals surface area (Å²) in [5.41, 5.74) is 3.23. The average molecular weight is 607 g/mol. The number of rotatable bonds is 12. The number of aryl methyl sites for hydroxylation is 1. The molecule has 0 unspecified atom stereocenters. The van der Waals surface area contributed by atoms with Gasteiger partial charge in [0, 0.05) is 62.3 Å². The highest BCUT2D eigenvalue weighted by Crippen LogP contribution is 2.46. The standard InChI is InChI=1S/C29H39BN7O3Si.H2S/c1-28(2,3)41(6,7)40-19-29(4)18-36(30-20-38)26-22(17-31)15-21(16-23(26)29)24-9-11-32-27(34-24)35-25-10-12-33-37(25)13-8-14-39-5;/h9-12,15-16,20H,8,13-14,18-19H2,1-7H3,(H,32,34,35);1H2/t29-;/m0./s1. The van der Waals surface area contributed by atoms with Crippen LogP contribution in [0.3, 0.4) is 0 Å². The summed E-state index contributed by atoms with van der Waals surface area (Å²) < 4.78 is 13.7. The van der Waals surface area contributed by atoms with Gasteiger partial charge in [-0.3, -0.25) is 0 Å². The first-order chi connectivity index (χ1) is 19.4. The number of nitriles is 1. The highest BCUT2D eigenvalue weighted by Gasteiger charge is 2.44. The lowest BCUT2D eigenvalue weighted by Crippen LogP contribution is -2.46. The summed E-state index contributed by atoms with van der Waals surface area (Å²) in [6, 6.07) is 9.96. The Morgan fingerprint density at radius 2 is 2.02 bits per heavy atom. The zero-order valence-electron chi connectivity index (χ0n) is 25.6. The Kier molecular flexibility index (Phi) is 10.6. The number of ether oxygens (including phenoxy) is 1. The van der Waals surface area contributed by atoms with E-state index in [2.05, 4.69) is 68.3 Å². The highest BCUT2D eigenvalue weighted by molar-refractivity contribution is 7.59. The van der Waals surface area contributed by atoms with Crippen molar-refractivity contribution in [3.63, 3.8) is 0 Å². The predicted molar refractivity (Wildman–Crippen MR) is 175 cm³/mol. The van der Waals surface area contributed by atoms with Crippen LogP contribution in [0, 0.1) is 11.3 Å². The van der Waals surface area contributed by atoms with Crippen molar-refractivity contribution in [3.8, 4) is 17.3 Å². The van der Waals surface area contributed by atoms with Crippen molar-refractivity contribution in [2.24, 2.45) is 0 Å². The molecule has 42 heavy (non-hydrogen) atoms. The number of benzene rings is 1. The van der Waals surface area contributed by atoms with Crippen molar-refractivity contribution in [1.29, 1.82) is 5.26 Å². The third kappa shape index (κ3) is 7.06. The Morgan fingerprint density at radius 3 is 2.69 bits per heavy atom. The van der Waals surface area contributed by atoms with Crippen LogP contribution in [-0.4, -0.2) is 68.5 Å². The van der Waals surface area contributed by atoms with Gasteiger partial charge in [-0.2, -0.15) is 23.9 Å². The van der Waals surface area contributed by atoms with E-state index in [0.29, 0.717) is 43.5 Å². The largest absolute Gasteiger partial charge is 0.416 e. The van der Waals surface area contributed by atoms with Crippen LogP contribution < -0.4 is 10.1 Å². The number of carbonyl (C=O) groups excluding carboxylic acids is 1. The Morgan fingerprint density at radius 1 is 1.26 bits per heavy atom. The van der Waals surface area contributed by atoms with Gasteiger partial charge in [0.05, 0.1) is 17.5 Å². The molecule has 4 rings (SSSR count). The summed E-state index contributed by atoms with van der Waals surface area (Å²) >= 11 is 0. The Bertz CT molecular complexity index is 1440. The van der Waals surface area contributed by atoms with Gasteiger partial charge in [0.2, 0.25) is 5.95 Å². The first-order valence-corrected chi connectivity index (χ1v) is 16.7. The molecule has 0 spiro atoms. The highest BCUT2D eigenvalue weighted by atomic mass is 32.1. The molecular formula is C29H41BN7O3SSi. The van der Waals surface area contributed by atoms with E-state index >= 15 is 0 Å². The third-order valence-electron chi connectivity index (χ3n) is 8.11. The average Bonchev–Trinajstić information content (AvgIpc) is 3.48. The summed E-state index contributed by atoms with van der Waals surface area (Å²) in [5, 5.41) is 17.9. The number of hydrogen-bond donors (Lipinski definition) is 1. The van der Waals surface area contributed by atoms with E-state index in [9.17, 15) is 10.1 Å². The quantitative estimate of drug-likeness (QED) is 0.172. The SMILES string of the molecule is COCCCn1nccc1Nc1nccc(-c2cc(C#N)c3c(c2)[C@](C)(CO[Si](C)(C)C(C)(C)C)CN3[B]C=O)n1.S. The van der Waals surface area contributed by atoms with Crippen LogP contribution in [-0.2, 0) is 25.9 Å². The number of methoxy groups -OCH3 is 1. The molecule has 0 aliphatic carbocycles. The number of nitrogens with one attached hydrogen (secondary N) is 1. The van der Waals surface area contributed by atoms with Gasteiger partial charge in [0.1, 0.15) is 18.1 Å². The molecule has 10 nitrogen and oxygen atoms in total. The Labute approximate surface area is 257 Å². The second kappa shape index (κ2) is 13.4. The predicted octanol–water partition coefficient (Wildman–Crippen LogP) is 5.01. The van der Waals surface area contributed by atoms with E-state index < -0.39 is 13.7 Å². The summed E-state index contributed by atoms with van der Waals surface area (Å²) in [6.45, 7) is 15.6. The molecule has 1 aliphatic rings. The molecule has 1 radical (unpaired) electrons. The zero-order chi connectivity index (χ0) is 29.8. The molecule has 0 amide bonds. The fourth-order valence-electron chi connectivity index (χ4n) is 4.73. The van der Waals surface area contributed by atoms with Crippen LogP contribution in [0.1, 0.15) is 45.2 Å². The molecular weight excluding hydrogens is 565 g/mol. The Balaban J connectivity index is 0.00000484. The molecule has 1 aliphatic heterocycles. The third-order valence-corrected chi connectivity index (χ3v) is 12.6. The van der Waals surface area contributed by atoms with Crippen molar-refractivity contribution in [3.05, 3.63) is 47.8 Å². The topological polar surface area (TPSA) is 118 Å². The number of nitrogens with zero attached hydrogens (tertiary/aromatic N) is 6. The van der Waals surface area contributed by atoms with Crippen molar-refractivity contribution in [2.75, 3.05) is 37.0 Å². The minimum Gasteiger partial charge on any atom is -0.416 e. The number of aromatic nitrogens is 4. The maximum Gasteiger partial charge on any atom is 0.329 e. The van der Waals surface area contributed by atoms with Crippen molar-refractivity contribution in [1.82, 2.24) is 19.7 Å². The second-order valence-electron chi connectivity index (χ2n) is 12.2. The van der Waals surface area contributed by atoms with Crippen molar-refractivity contribution < 1.29 is 14.0 Å². The zero-order valence-corrected chi connectivity index (χ0v) is 27.6. The molecule has 0 fully saturated rings. The van der Waals surface area contributed by atoms with Crippen LogP contribution in [0.25, 0.3) is 11.3 Å². The molecule has 13 heteroatoms. The lowest BCUT2D eigenvalue weighted by atomic mass is 9.83. The molecule has 2 aromatic heterocycles. The monoisotopic (exact) mass is 606 g/mol.